The van der Waals surface area contributed by atoms with Crippen molar-refractivity contribution in [2.75, 3.05) is 14.2 Å². The Morgan fingerprint density at radius 3 is 2.22 bits per heavy atom. The van der Waals surface area contributed by atoms with Crippen LogP contribution in [0.25, 0.3) is 0 Å². The van der Waals surface area contributed by atoms with Crippen LogP contribution in [0.2, 0.25) is 0 Å². The molecule has 6 nitrogen and oxygen atoms in total. The van der Waals surface area contributed by atoms with Gasteiger partial charge in [-0.25, -0.2) is 4.79 Å². The number of ether oxygens (including phenoxy) is 2. The van der Waals surface area contributed by atoms with Gasteiger partial charge < -0.3 is 20.0 Å². The Morgan fingerprint density at radius 1 is 1.00 bits per heavy atom. The molecule has 0 saturated heterocycles. The van der Waals surface area contributed by atoms with Gasteiger partial charge in [0.25, 0.3) is 0 Å². The highest BCUT2D eigenvalue weighted by molar-refractivity contribution is 9.10. The van der Waals surface area contributed by atoms with E-state index in [0.29, 0.717) is 22.6 Å². The first-order chi connectivity index (χ1) is 11.0. The lowest BCUT2D eigenvalue weighted by Crippen LogP contribution is -2.15. The van der Waals surface area contributed by atoms with Crippen molar-refractivity contribution in [3.05, 3.63) is 58.1 Å². The van der Waals surface area contributed by atoms with Crippen LogP contribution in [0.15, 0.2) is 52.1 Å². The summed E-state index contributed by atoms with van der Waals surface area (Å²) in [5, 5.41) is 3.66. The summed E-state index contributed by atoms with van der Waals surface area (Å²) >= 11 is 3.29. The fraction of sp³-hybridized carbons (Fsp3) is 0.125. The fourth-order valence-electron chi connectivity index (χ4n) is 1.78. The second-order valence-corrected chi connectivity index (χ2v) is 5.35. The Balaban J connectivity index is 2.13. The lowest BCUT2D eigenvalue weighted by Gasteiger charge is -2.09. The van der Waals surface area contributed by atoms with Gasteiger partial charge in [0, 0.05) is 10.0 Å². The van der Waals surface area contributed by atoms with E-state index in [4.69, 9.17) is 20.0 Å². The van der Waals surface area contributed by atoms with Gasteiger partial charge in [0.1, 0.15) is 0 Å². The molecule has 2 rings (SSSR count). The van der Waals surface area contributed by atoms with Gasteiger partial charge >= 0.3 is 5.97 Å². The number of benzene rings is 2. The monoisotopic (exact) mass is 378 g/mol. The Bertz CT molecular complexity index is 729. The molecule has 0 heterocycles. The summed E-state index contributed by atoms with van der Waals surface area (Å²) in [4.78, 5) is 16.7. The molecule has 120 valence electrons. The van der Waals surface area contributed by atoms with Crippen LogP contribution < -0.4 is 15.2 Å². The molecule has 0 bridgehead atoms. The van der Waals surface area contributed by atoms with E-state index in [0.717, 1.165) is 4.47 Å². The molecule has 0 spiro atoms. The molecule has 0 unspecified atom stereocenters. The number of carbonyl (C=O) groups excluding carboxylic acids is 1. The summed E-state index contributed by atoms with van der Waals surface area (Å²) in [6, 6.07) is 11.7. The minimum Gasteiger partial charge on any atom is -0.493 e. The maximum Gasteiger partial charge on any atom is 0.365 e. The van der Waals surface area contributed by atoms with Gasteiger partial charge in [0.2, 0.25) is 0 Å². The molecule has 2 N–H and O–H groups in total. The standard InChI is InChI=1S/C16H15BrN2O4/c1-21-13-8-5-11(9-14(13)22-2)15(18)19-23-16(20)10-3-6-12(17)7-4-10/h3-9H,1-2H3,(H2,18,19). The Labute approximate surface area is 142 Å². The normalized spacial score (nSPS) is 11.0. The van der Waals surface area contributed by atoms with E-state index in [9.17, 15) is 4.79 Å². The van der Waals surface area contributed by atoms with E-state index < -0.39 is 5.97 Å². The predicted octanol–water partition coefficient (Wildman–Crippen LogP) is 2.94. The smallest absolute Gasteiger partial charge is 0.365 e. The Morgan fingerprint density at radius 2 is 1.61 bits per heavy atom. The lowest BCUT2D eigenvalue weighted by atomic mass is 10.2. The van der Waals surface area contributed by atoms with E-state index in [1.807, 2.05) is 0 Å². The van der Waals surface area contributed by atoms with Crippen molar-refractivity contribution in [2.45, 2.75) is 0 Å². The number of methoxy groups -OCH3 is 2. The van der Waals surface area contributed by atoms with Crippen molar-refractivity contribution in [1.29, 1.82) is 0 Å². The van der Waals surface area contributed by atoms with Gasteiger partial charge in [-0.3, -0.25) is 0 Å². The number of hydrogen-bond acceptors (Lipinski definition) is 5. The third kappa shape index (κ3) is 4.23. The zero-order chi connectivity index (χ0) is 16.8. The Kier molecular flexibility index (Phi) is 5.59. The molecule has 0 aliphatic carbocycles. The number of halogens is 1. The molecule has 0 radical (unpaired) electrons. The van der Waals surface area contributed by atoms with E-state index in [-0.39, 0.29) is 5.84 Å². The highest BCUT2D eigenvalue weighted by atomic mass is 79.9. The van der Waals surface area contributed by atoms with Crippen molar-refractivity contribution in [3.63, 3.8) is 0 Å². The minimum absolute atomic E-state index is 0.0522. The highest BCUT2D eigenvalue weighted by Gasteiger charge is 2.10. The van der Waals surface area contributed by atoms with Crippen molar-refractivity contribution in [2.24, 2.45) is 10.9 Å². The summed E-state index contributed by atoms with van der Waals surface area (Å²) in [7, 11) is 3.05. The third-order valence-electron chi connectivity index (χ3n) is 2.99. The van der Waals surface area contributed by atoms with E-state index >= 15 is 0 Å². The van der Waals surface area contributed by atoms with Crippen molar-refractivity contribution in [3.8, 4) is 11.5 Å². The quantitative estimate of drug-likeness (QED) is 0.374. The molecule has 0 aliphatic rings. The van der Waals surface area contributed by atoms with Gasteiger partial charge in [0.15, 0.2) is 17.3 Å². The largest absolute Gasteiger partial charge is 0.493 e. The molecule has 2 aromatic rings. The molecular formula is C16H15BrN2O4. The molecule has 0 atom stereocenters. The van der Waals surface area contributed by atoms with Crippen LogP contribution in [0.4, 0.5) is 0 Å². The fourth-order valence-corrected chi connectivity index (χ4v) is 2.04. The minimum atomic E-state index is -0.596. The van der Waals surface area contributed by atoms with Crippen molar-refractivity contribution in [1.82, 2.24) is 0 Å². The molecule has 0 amide bonds. The molecule has 2 aromatic carbocycles. The number of rotatable bonds is 5. The zero-order valence-corrected chi connectivity index (χ0v) is 14.2. The van der Waals surface area contributed by atoms with Crippen LogP contribution >= 0.6 is 15.9 Å². The van der Waals surface area contributed by atoms with E-state index in [1.165, 1.54) is 14.2 Å². The lowest BCUT2D eigenvalue weighted by molar-refractivity contribution is 0.0516. The number of nitrogens with zero attached hydrogens (tertiary/aromatic N) is 1. The van der Waals surface area contributed by atoms with E-state index in [2.05, 4.69) is 21.1 Å². The SMILES string of the molecule is COc1ccc(C(N)=NOC(=O)c2ccc(Br)cc2)cc1OC. The average Bonchev–Trinajstić information content (AvgIpc) is 2.59. The summed E-state index contributed by atoms with van der Waals surface area (Å²) in [5.41, 5.74) is 6.75. The van der Waals surface area contributed by atoms with Crippen LogP contribution in [0.3, 0.4) is 0 Å². The van der Waals surface area contributed by atoms with Gasteiger partial charge in [-0.05, 0) is 42.5 Å². The zero-order valence-electron chi connectivity index (χ0n) is 12.6. The Hall–Kier alpha value is -2.54. The molecule has 0 aliphatic heterocycles. The topological polar surface area (TPSA) is 83.1 Å². The molecule has 23 heavy (non-hydrogen) atoms. The van der Waals surface area contributed by atoms with Gasteiger partial charge in [-0.1, -0.05) is 21.1 Å². The first kappa shape index (κ1) is 16.8. The molecule has 0 aromatic heterocycles. The first-order valence-corrected chi connectivity index (χ1v) is 7.37. The molecular weight excluding hydrogens is 364 g/mol. The third-order valence-corrected chi connectivity index (χ3v) is 3.51. The van der Waals surface area contributed by atoms with Gasteiger partial charge in [0.05, 0.1) is 19.8 Å². The van der Waals surface area contributed by atoms with Crippen LogP contribution in [0, 0.1) is 0 Å². The van der Waals surface area contributed by atoms with Crippen LogP contribution in [-0.2, 0) is 4.84 Å². The van der Waals surface area contributed by atoms with Crippen molar-refractivity contribution < 1.29 is 19.1 Å². The summed E-state index contributed by atoms with van der Waals surface area (Å²) in [6.07, 6.45) is 0. The molecule has 0 fully saturated rings. The summed E-state index contributed by atoms with van der Waals surface area (Å²) in [5.74, 6) is 0.524. The number of carbonyl (C=O) groups is 1. The van der Waals surface area contributed by atoms with Crippen LogP contribution in [0.5, 0.6) is 11.5 Å². The van der Waals surface area contributed by atoms with Gasteiger partial charge in [-0.15, -0.1) is 0 Å². The number of hydrogen-bond donors (Lipinski definition) is 1. The second kappa shape index (κ2) is 7.64. The van der Waals surface area contributed by atoms with Crippen molar-refractivity contribution >= 4 is 27.7 Å². The maximum absolute atomic E-state index is 11.9. The number of amidine groups is 1. The molecule has 0 saturated carbocycles. The second-order valence-electron chi connectivity index (χ2n) is 4.43. The van der Waals surface area contributed by atoms with Crippen LogP contribution in [-0.4, -0.2) is 26.0 Å². The first-order valence-electron chi connectivity index (χ1n) is 6.58. The summed E-state index contributed by atoms with van der Waals surface area (Å²) < 4.78 is 11.2. The van der Waals surface area contributed by atoms with Gasteiger partial charge in [-0.2, -0.15) is 0 Å². The predicted molar refractivity (Wildman–Crippen MR) is 89.8 cm³/mol. The number of nitrogens with two attached hydrogens (primary N) is 1. The average molecular weight is 379 g/mol. The molecule has 7 heteroatoms. The highest BCUT2D eigenvalue weighted by Crippen LogP contribution is 2.27. The van der Waals surface area contributed by atoms with E-state index in [1.54, 1.807) is 42.5 Å². The number of oxime groups is 1. The maximum atomic E-state index is 11.9. The summed E-state index contributed by atoms with van der Waals surface area (Å²) in [6.45, 7) is 0. The van der Waals surface area contributed by atoms with Crippen LogP contribution in [0.1, 0.15) is 15.9 Å².